The van der Waals surface area contributed by atoms with Gasteiger partial charge in [-0.3, -0.25) is 4.79 Å². The Labute approximate surface area is 136 Å². The summed E-state index contributed by atoms with van der Waals surface area (Å²) in [7, 11) is 0. The van der Waals surface area contributed by atoms with Gasteiger partial charge in [-0.05, 0) is 69.1 Å². The molecule has 2 rings (SSSR count). The molecule has 0 unspecified atom stereocenters. The van der Waals surface area contributed by atoms with Gasteiger partial charge in [0.25, 0.3) is 0 Å². The third kappa shape index (κ3) is 5.78. The molecule has 0 aromatic carbocycles. The number of aliphatic carboxylic acids is 1. The normalized spacial score (nSPS) is 33.1. The molecule has 0 spiro atoms. The van der Waals surface area contributed by atoms with Crippen LogP contribution in [0.3, 0.4) is 0 Å². The van der Waals surface area contributed by atoms with Crippen LogP contribution in [0.25, 0.3) is 0 Å². The summed E-state index contributed by atoms with van der Waals surface area (Å²) in [6.45, 7) is 2.28. The fourth-order valence-electron chi connectivity index (χ4n) is 4.23. The maximum Gasteiger partial charge on any atom is 0.306 e. The predicted molar refractivity (Wildman–Crippen MR) is 91.8 cm³/mol. The number of carboxylic acid groups (broad SMARTS) is 1. The van der Waals surface area contributed by atoms with E-state index in [1.54, 1.807) is 0 Å². The zero-order valence-corrected chi connectivity index (χ0v) is 14.3. The van der Waals surface area contributed by atoms with E-state index < -0.39 is 5.97 Å². The van der Waals surface area contributed by atoms with Crippen molar-refractivity contribution in [3.05, 3.63) is 12.2 Å². The smallest absolute Gasteiger partial charge is 0.306 e. The zero-order chi connectivity index (χ0) is 15.8. The van der Waals surface area contributed by atoms with Crippen molar-refractivity contribution in [2.45, 2.75) is 84.0 Å². The predicted octanol–water partition coefficient (Wildman–Crippen LogP) is 5.82. The van der Waals surface area contributed by atoms with Crippen molar-refractivity contribution in [3.63, 3.8) is 0 Å². The van der Waals surface area contributed by atoms with Crippen LogP contribution in [-0.4, -0.2) is 11.1 Å². The molecule has 0 heterocycles. The SMILES string of the molecule is CCCCC[C@H]1CC[C@H](C=CC2CCC(C(=O)O)CC2)CC1. The fourth-order valence-corrected chi connectivity index (χ4v) is 4.23. The van der Waals surface area contributed by atoms with E-state index in [1.165, 1.54) is 51.4 Å². The number of unbranched alkanes of at least 4 members (excludes halogenated alkanes) is 2. The highest BCUT2D eigenvalue weighted by Crippen LogP contribution is 2.34. The number of rotatable bonds is 7. The molecule has 0 radical (unpaired) electrons. The molecule has 0 aromatic rings. The van der Waals surface area contributed by atoms with Crippen molar-refractivity contribution in [1.82, 2.24) is 0 Å². The van der Waals surface area contributed by atoms with Crippen LogP contribution in [0.1, 0.15) is 84.0 Å². The molecule has 22 heavy (non-hydrogen) atoms. The number of allylic oxidation sites excluding steroid dienone is 2. The van der Waals surface area contributed by atoms with Gasteiger partial charge < -0.3 is 5.11 Å². The van der Waals surface area contributed by atoms with Crippen molar-refractivity contribution in [1.29, 1.82) is 0 Å². The van der Waals surface area contributed by atoms with E-state index in [2.05, 4.69) is 19.1 Å². The summed E-state index contributed by atoms with van der Waals surface area (Å²) in [5.41, 5.74) is 0. The van der Waals surface area contributed by atoms with Crippen molar-refractivity contribution in [2.75, 3.05) is 0 Å². The van der Waals surface area contributed by atoms with Crippen LogP contribution < -0.4 is 0 Å². The lowest BCUT2D eigenvalue weighted by Gasteiger charge is -2.28. The number of carbonyl (C=O) groups is 1. The van der Waals surface area contributed by atoms with Crippen molar-refractivity contribution in [2.24, 2.45) is 23.7 Å². The Morgan fingerprint density at radius 3 is 1.95 bits per heavy atom. The molecule has 1 N–H and O–H groups in total. The Morgan fingerprint density at radius 1 is 0.909 bits per heavy atom. The quantitative estimate of drug-likeness (QED) is 0.475. The van der Waals surface area contributed by atoms with E-state index in [4.69, 9.17) is 5.11 Å². The van der Waals surface area contributed by atoms with Gasteiger partial charge in [0.05, 0.1) is 5.92 Å². The van der Waals surface area contributed by atoms with Gasteiger partial charge in [0, 0.05) is 0 Å². The standard InChI is InChI=1S/C20H34O2/c1-2-3-4-5-16-6-8-17(9-7-16)10-11-18-12-14-19(15-13-18)20(21)22/h10-11,16-19H,2-9,12-15H2,1H3,(H,21,22)/t16-,17-,18?,19?. The minimum Gasteiger partial charge on any atom is -0.481 e. The molecular weight excluding hydrogens is 272 g/mol. The second kappa shape index (κ2) is 9.37. The Hall–Kier alpha value is -0.790. The van der Waals surface area contributed by atoms with Gasteiger partial charge in [0.2, 0.25) is 0 Å². The molecule has 2 saturated carbocycles. The lowest BCUT2D eigenvalue weighted by molar-refractivity contribution is -0.142. The summed E-state index contributed by atoms with van der Waals surface area (Å²) in [6.07, 6.45) is 20.0. The molecule has 0 saturated heterocycles. The Balaban J connectivity index is 1.63. The number of hydrogen-bond acceptors (Lipinski definition) is 1. The van der Waals surface area contributed by atoms with E-state index in [9.17, 15) is 4.79 Å². The van der Waals surface area contributed by atoms with E-state index in [-0.39, 0.29) is 5.92 Å². The molecule has 2 aliphatic carbocycles. The average molecular weight is 306 g/mol. The van der Waals surface area contributed by atoms with Crippen molar-refractivity contribution >= 4 is 5.97 Å². The highest BCUT2D eigenvalue weighted by molar-refractivity contribution is 5.70. The van der Waals surface area contributed by atoms with Gasteiger partial charge >= 0.3 is 5.97 Å². The van der Waals surface area contributed by atoms with Crippen LogP contribution in [0, 0.1) is 23.7 Å². The van der Waals surface area contributed by atoms with E-state index >= 15 is 0 Å². The second-order valence-electron chi connectivity index (χ2n) is 7.61. The maximum atomic E-state index is 11.0. The summed E-state index contributed by atoms with van der Waals surface area (Å²) < 4.78 is 0. The van der Waals surface area contributed by atoms with Gasteiger partial charge in [-0.2, -0.15) is 0 Å². The molecule has 2 aliphatic rings. The van der Waals surface area contributed by atoms with Gasteiger partial charge in [0.1, 0.15) is 0 Å². The molecule has 2 fully saturated rings. The molecule has 126 valence electrons. The first-order chi connectivity index (χ1) is 10.7. The lowest BCUT2D eigenvalue weighted by Crippen LogP contribution is -2.20. The summed E-state index contributed by atoms with van der Waals surface area (Å²) in [6, 6.07) is 0. The molecule has 0 atom stereocenters. The Bertz CT molecular complexity index is 345. The maximum absolute atomic E-state index is 11.0. The minimum atomic E-state index is -0.594. The van der Waals surface area contributed by atoms with Crippen LogP contribution in [0.15, 0.2) is 12.2 Å². The third-order valence-corrected chi connectivity index (χ3v) is 5.88. The molecule has 2 heteroatoms. The monoisotopic (exact) mass is 306 g/mol. The van der Waals surface area contributed by atoms with Crippen molar-refractivity contribution < 1.29 is 9.90 Å². The number of carboxylic acids is 1. The van der Waals surface area contributed by atoms with Crippen LogP contribution >= 0.6 is 0 Å². The average Bonchev–Trinajstić information content (AvgIpc) is 2.55. The second-order valence-corrected chi connectivity index (χ2v) is 7.61. The Kier molecular flexibility index (Phi) is 7.48. The van der Waals surface area contributed by atoms with E-state index in [0.29, 0.717) is 5.92 Å². The molecule has 0 bridgehead atoms. The van der Waals surface area contributed by atoms with E-state index in [1.807, 2.05) is 0 Å². The van der Waals surface area contributed by atoms with Crippen LogP contribution in [0.4, 0.5) is 0 Å². The molecule has 0 aromatic heterocycles. The zero-order valence-electron chi connectivity index (χ0n) is 14.3. The fraction of sp³-hybridized carbons (Fsp3) is 0.850. The first-order valence-electron chi connectivity index (χ1n) is 9.60. The van der Waals surface area contributed by atoms with Crippen molar-refractivity contribution in [3.8, 4) is 0 Å². The van der Waals surface area contributed by atoms with Gasteiger partial charge in [-0.25, -0.2) is 0 Å². The van der Waals surface area contributed by atoms with E-state index in [0.717, 1.165) is 37.5 Å². The summed E-state index contributed by atoms with van der Waals surface area (Å²) in [4.78, 5) is 11.0. The van der Waals surface area contributed by atoms with Gasteiger partial charge in [0.15, 0.2) is 0 Å². The molecule has 2 nitrogen and oxygen atoms in total. The summed E-state index contributed by atoms with van der Waals surface area (Å²) in [5, 5.41) is 9.04. The van der Waals surface area contributed by atoms with Crippen LogP contribution in [-0.2, 0) is 4.79 Å². The first kappa shape index (κ1) is 17.6. The minimum absolute atomic E-state index is 0.0804. The van der Waals surface area contributed by atoms with Gasteiger partial charge in [-0.15, -0.1) is 0 Å². The molecular formula is C20H34O2. The lowest BCUT2D eigenvalue weighted by atomic mass is 9.78. The largest absolute Gasteiger partial charge is 0.481 e. The van der Waals surface area contributed by atoms with Gasteiger partial charge in [-0.1, -0.05) is 44.8 Å². The third-order valence-electron chi connectivity index (χ3n) is 5.88. The molecule has 0 amide bonds. The molecule has 0 aliphatic heterocycles. The highest BCUT2D eigenvalue weighted by atomic mass is 16.4. The van der Waals surface area contributed by atoms with Crippen LogP contribution in [0.5, 0.6) is 0 Å². The van der Waals surface area contributed by atoms with Crippen LogP contribution in [0.2, 0.25) is 0 Å². The highest BCUT2D eigenvalue weighted by Gasteiger charge is 2.25. The topological polar surface area (TPSA) is 37.3 Å². The number of hydrogen-bond donors (Lipinski definition) is 1. The first-order valence-corrected chi connectivity index (χ1v) is 9.60. The summed E-state index contributed by atoms with van der Waals surface area (Å²) in [5.74, 6) is 1.74. The summed E-state index contributed by atoms with van der Waals surface area (Å²) >= 11 is 0. The Morgan fingerprint density at radius 2 is 1.45 bits per heavy atom.